The number of fused-ring (bicyclic) bond motifs is 3. The van der Waals surface area contributed by atoms with Crippen molar-refractivity contribution in [3.63, 3.8) is 0 Å². The first-order valence-corrected chi connectivity index (χ1v) is 8.22. The quantitative estimate of drug-likeness (QED) is 0.882. The van der Waals surface area contributed by atoms with Crippen molar-refractivity contribution < 1.29 is 14.3 Å². The predicted octanol–water partition coefficient (Wildman–Crippen LogP) is 2.99. The van der Waals surface area contributed by atoms with Gasteiger partial charge in [0, 0.05) is 23.9 Å². The maximum Gasteiger partial charge on any atom is 0.324 e. The van der Waals surface area contributed by atoms with Gasteiger partial charge in [-0.05, 0) is 37.6 Å². The molecule has 1 saturated heterocycles. The molecule has 0 saturated carbocycles. The Balaban J connectivity index is 1.60. The van der Waals surface area contributed by atoms with Crippen LogP contribution in [0.1, 0.15) is 35.5 Å². The fourth-order valence-electron chi connectivity index (χ4n) is 3.22. The standard InChI is InChI=1S/C18H18N4O3/c1-11-8-10-22-16(23)12-5-4-6-13(15(12)17(22)25-11)20-18(24)21-14-7-2-3-9-19-14/h2-7,9,11,17H,8,10H2,1H3,(H2,19,20,21,24). The summed E-state index contributed by atoms with van der Waals surface area (Å²) in [6, 6.07) is 10.1. The molecule has 0 radical (unpaired) electrons. The van der Waals surface area contributed by atoms with Crippen LogP contribution in [-0.4, -0.2) is 34.5 Å². The molecule has 7 nitrogen and oxygen atoms in total. The zero-order valence-electron chi connectivity index (χ0n) is 13.7. The SMILES string of the molecule is CC1CCN2C(=O)c3cccc(NC(=O)Nc4ccccn4)c3C2O1. The second-order valence-corrected chi connectivity index (χ2v) is 6.15. The summed E-state index contributed by atoms with van der Waals surface area (Å²) in [6.07, 6.45) is 2.02. The van der Waals surface area contributed by atoms with Gasteiger partial charge in [0.1, 0.15) is 5.82 Å². The number of carbonyl (C=O) groups excluding carboxylic acids is 2. The molecular weight excluding hydrogens is 320 g/mol. The van der Waals surface area contributed by atoms with Gasteiger partial charge in [-0.15, -0.1) is 0 Å². The summed E-state index contributed by atoms with van der Waals surface area (Å²) >= 11 is 0. The van der Waals surface area contributed by atoms with E-state index in [1.807, 2.05) is 6.92 Å². The first-order valence-electron chi connectivity index (χ1n) is 8.22. The summed E-state index contributed by atoms with van der Waals surface area (Å²) in [7, 11) is 0. The Kier molecular flexibility index (Phi) is 3.85. The number of pyridine rings is 1. The number of rotatable bonds is 2. The number of amides is 3. The molecule has 4 rings (SSSR count). The van der Waals surface area contributed by atoms with E-state index in [0.29, 0.717) is 23.6 Å². The Bertz CT molecular complexity index is 824. The predicted molar refractivity (Wildman–Crippen MR) is 92.3 cm³/mol. The van der Waals surface area contributed by atoms with Crippen LogP contribution in [0.4, 0.5) is 16.3 Å². The van der Waals surface area contributed by atoms with Crippen LogP contribution in [0.5, 0.6) is 0 Å². The molecular formula is C18H18N4O3. The van der Waals surface area contributed by atoms with Crippen LogP contribution >= 0.6 is 0 Å². The molecule has 2 atom stereocenters. The Morgan fingerprint density at radius 1 is 1.24 bits per heavy atom. The van der Waals surface area contributed by atoms with Crippen LogP contribution in [0, 0.1) is 0 Å². The van der Waals surface area contributed by atoms with Gasteiger partial charge in [0.2, 0.25) is 0 Å². The maximum absolute atomic E-state index is 12.6. The molecule has 1 aromatic heterocycles. The zero-order chi connectivity index (χ0) is 17.4. The van der Waals surface area contributed by atoms with Crippen molar-refractivity contribution >= 4 is 23.4 Å². The van der Waals surface area contributed by atoms with Gasteiger partial charge < -0.3 is 15.0 Å². The van der Waals surface area contributed by atoms with E-state index < -0.39 is 12.3 Å². The number of hydrogen-bond acceptors (Lipinski definition) is 4. The molecule has 2 aromatic rings. The lowest BCUT2D eigenvalue weighted by Crippen LogP contribution is -2.38. The fourth-order valence-corrected chi connectivity index (χ4v) is 3.22. The molecule has 2 aliphatic rings. The van der Waals surface area contributed by atoms with Crippen LogP contribution < -0.4 is 10.6 Å². The third kappa shape index (κ3) is 2.83. The second-order valence-electron chi connectivity index (χ2n) is 6.15. The summed E-state index contributed by atoms with van der Waals surface area (Å²) in [5, 5.41) is 5.48. The number of carbonyl (C=O) groups is 2. The van der Waals surface area contributed by atoms with Gasteiger partial charge in [-0.2, -0.15) is 0 Å². The van der Waals surface area contributed by atoms with E-state index in [4.69, 9.17) is 4.74 Å². The van der Waals surface area contributed by atoms with Crippen molar-refractivity contribution in [2.45, 2.75) is 25.7 Å². The number of ether oxygens (including phenoxy) is 1. The molecule has 25 heavy (non-hydrogen) atoms. The molecule has 7 heteroatoms. The third-order valence-electron chi connectivity index (χ3n) is 4.42. The van der Waals surface area contributed by atoms with E-state index in [-0.39, 0.29) is 12.0 Å². The van der Waals surface area contributed by atoms with Crippen molar-refractivity contribution in [1.29, 1.82) is 0 Å². The normalized spacial score (nSPS) is 21.5. The molecule has 3 heterocycles. The molecule has 2 unspecified atom stereocenters. The van der Waals surface area contributed by atoms with Crippen LogP contribution in [0.2, 0.25) is 0 Å². The summed E-state index contributed by atoms with van der Waals surface area (Å²) in [4.78, 5) is 30.6. The van der Waals surface area contributed by atoms with Crippen LogP contribution in [0.15, 0.2) is 42.6 Å². The van der Waals surface area contributed by atoms with E-state index >= 15 is 0 Å². The minimum Gasteiger partial charge on any atom is -0.351 e. The number of benzene rings is 1. The van der Waals surface area contributed by atoms with E-state index in [1.54, 1.807) is 47.5 Å². The largest absolute Gasteiger partial charge is 0.351 e. The van der Waals surface area contributed by atoms with Gasteiger partial charge in [0.25, 0.3) is 5.91 Å². The molecule has 0 bridgehead atoms. The van der Waals surface area contributed by atoms with Crippen LogP contribution in [-0.2, 0) is 4.74 Å². The highest BCUT2D eigenvalue weighted by Gasteiger charge is 2.42. The zero-order valence-corrected chi connectivity index (χ0v) is 13.7. The number of nitrogens with one attached hydrogen (secondary N) is 2. The summed E-state index contributed by atoms with van der Waals surface area (Å²) in [5.41, 5.74) is 1.87. The van der Waals surface area contributed by atoms with Gasteiger partial charge in [0.15, 0.2) is 6.23 Å². The van der Waals surface area contributed by atoms with E-state index in [1.165, 1.54) is 0 Å². The molecule has 2 aliphatic heterocycles. The lowest BCUT2D eigenvalue weighted by Gasteiger charge is -2.34. The average Bonchev–Trinajstić information content (AvgIpc) is 2.89. The Morgan fingerprint density at radius 2 is 2.12 bits per heavy atom. The number of anilines is 2. The van der Waals surface area contributed by atoms with Crippen molar-refractivity contribution in [2.24, 2.45) is 0 Å². The van der Waals surface area contributed by atoms with E-state index in [9.17, 15) is 9.59 Å². The summed E-state index contributed by atoms with van der Waals surface area (Å²) < 4.78 is 5.97. The summed E-state index contributed by atoms with van der Waals surface area (Å²) in [5.74, 6) is 0.397. The second kappa shape index (κ2) is 6.18. The summed E-state index contributed by atoms with van der Waals surface area (Å²) in [6.45, 7) is 2.64. The highest BCUT2D eigenvalue weighted by molar-refractivity contribution is 6.04. The van der Waals surface area contributed by atoms with Crippen LogP contribution in [0.25, 0.3) is 0 Å². The van der Waals surface area contributed by atoms with Gasteiger partial charge in [-0.3, -0.25) is 10.1 Å². The van der Waals surface area contributed by atoms with Crippen molar-refractivity contribution in [2.75, 3.05) is 17.2 Å². The number of aromatic nitrogens is 1. The van der Waals surface area contributed by atoms with Gasteiger partial charge in [-0.25, -0.2) is 9.78 Å². The molecule has 0 spiro atoms. The molecule has 1 aromatic carbocycles. The number of urea groups is 1. The fraction of sp³-hybridized carbons (Fsp3) is 0.278. The topological polar surface area (TPSA) is 83.6 Å². The minimum atomic E-state index is -0.447. The molecule has 1 fully saturated rings. The van der Waals surface area contributed by atoms with Crippen LogP contribution in [0.3, 0.4) is 0 Å². The molecule has 2 N–H and O–H groups in total. The Morgan fingerprint density at radius 3 is 2.92 bits per heavy atom. The van der Waals surface area contributed by atoms with Crippen molar-refractivity contribution in [3.05, 3.63) is 53.7 Å². The first kappa shape index (κ1) is 15.6. The molecule has 3 amide bonds. The highest BCUT2D eigenvalue weighted by Crippen LogP contribution is 2.42. The molecule has 128 valence electrons. The monoisotopic (exact) mass is 338 g/mol. The Labute approximate surface area is 145 Å². The molecule has 0 aliphatic carbocycles. The maximum atomic E-state index is 12.6. The van der Waals surface area contributed by atoms with E-state index in [2.05, 4.69) is 15.6 Å². The van der Waals surface area contributed by atoms with Gasteiger partial charge >= 0.3 is 6.03 Å². The van der Waals surface area contributed by atoms with Gasteiger partial charge in [-0.1, -0.05) is 12.1 Å². The smallest absolute Gasteiger partial charge is 0.324 e. The first-order chi connectivity index (χ1) is 12.1. The number of nitrogens with zero attached hydrogens (tertiary/aromatic N) is 2. The number of hydrogen-bond donors (Lipinski definition) is 2. The highest BCUT2D eigenvalue weighted by atomic mass is 16.5. The lowest BCUT2D eigenvalue weighted by atomic mass is 10.1. The average molecular weight is 338 g/mol. The Hall–Kier alpha value is -2.93. The van der Waals surface area contributed by atoms with E-state index in [0.717, 1.165) is 12.0 Å². The van der Waals surface area contributed by atoms with Gasteiger partial charge in [0.05, 0.1) is 11.8 Å². The van der Waals surface area contributed by atoms with Crippen molar-refractivity contribution in [1.82, 2.24) is 9.88 Å². The lowest BCUT2D eigenvalue weighted by molar-refractivity contribution is -0.111. The minimum absolute atomic E-state index is 0.0549. The third-order valence-corrected chi connectivity index (χ3v) is 4.42. The van der Waals surface area contributed by atoms with Crippen molar-refractivity contribution in [3.8, 4) is 0 Å².